The van der Waals surface area contributed by atoms with Gasteiger partial charge in [0.1, 0.15) is 12.0 Å². The third-order valence-corrected chi connectivity index (χ3v) is 4.58. The number of carboxylic acids is 1. The average Bonchev–Trinajstić information content (AvgIpc) is 2.53. The molecule has 0 aromatic heterocycles. The maximum absolute atomic E-state index is 11.4. The Morgan fingerprint density at radius 3 is 2.00 bits per heavy atom. The molecule has 1 aliphatic heterocycles. The number of benzene rings is 1. The fourth-order valence-corrected chi connectivity index (χ4v) is 2.96. The first-order valence-electron chi connectivity index (χ1n) is 7.84. The molecule has 5 heteroatoms. The minimum atomic E-state index is -1.61. The standard InChI is InChI=1S/C17H24N2O3/c1-12(2)14-4-6-15(7-5-14)13(3)18-8-10-19(11-9-18)16(20)17(21)22/h4-7,12-13H,8-11H2,1-3H3,(H,21,22)/t13-/m1/s1. The van der Waals surface area contributed by atoms with E-state index in [0.29, 0.717) is 25.0 Å². The lowest BCUT2D eigenvalue weighted by atomic mass is 9.99. The van der Waals surface area contributed by atoms with Crippen molar-refractivity contribution in [3.8, 4) is 0 Å². The summed E-state index contributed by atoms with van der Waals surface area (Å²) in [6.45, 7) is 8.98. The molecule has 0 radical (unpaired) electrons. The summed E-state index contributed by atoms with van der Waals surface area (Å²) >= 11 is 0. The van der Waals surface area contributed by atoms with Crippen molar-refractivity contribution in [1.82, 2.24) is 4.90 Å². The molecule has 1 aliphatic rings. The SMILES string of the molecule is CC(C)c1ccc([C@@H](C)[NH+]2CCN(C(=O)C(=O)[O-])CC2)cc1. The normalized spacial score (nSPS) is 17.5. The number of nitrogens with zero attached hydrogens (tertiary/aromatic N) is 1. The zero-order valence-electron chi connectivity index (χ0n) is 13.5. The lowest BCUT2D eigenvalue weighted by molar-refractivity contribution is -0.933. The van der Waals surface area contributed by atoms with Crippen LogP contribution in [0.3, 0.4) is 0 Å². The Hall–Kier alpha value is -1.88. The number of nitrogens with one attached hydrogen (secondary N) is 1. The maximum atomic E-state index is 11.4. The molecule has 5 nitrogen and oxygen atoms in total. The van der Waals surface area contributed by atoms with Crippen molar-refractivity contribution in [2.24, 2.45) is 0 Å². The summed E-state index contributed by atoms with van der Waals surface area (Å²) < 4.78 is 0. The second kappa shape index (κ2) is 6.92. The topological polar surface area (TPSA) is 64.9 Å². The number of hydrogen-bond donors (Lipinski definition) is 1. The van der Waals surface area contributed by atoms with Gasteiger partial charge in [0.05, 0.1) is 26.2 Å². The number of aliphatic carboxylic acids is 1. The second-order valence-electron chi connectivity index (χ2n) is 6.28. The minimum absolute atomic E-state index is 0.335. The maximum Gasteiger partial charge on any atom is 0.269 e. The highest BCUT2D eigenvalue weighted by atomic mass is 16.4. The van der Waals surface area contributed by atoms with Crippen LogP contribution >= 0.6 is 0 Å². The quantitative estimate of drug-likeness (QED) is 0.755. The number of carbonyl (C=O) groups is 2. The fraction of sp³-hybridized carbons (Fsp3) is 0.529. The molecule has 0 unspecified atom stereocenters. The van der Waals surface area contributed by atoms with Crippen molar-refractivity contribution in [2.45, 2.75) is 32.7 Å². The van der Waals surface area contributed by atoms with Crippen LogP contribution in [-0.4, -0.2) is 43.0 Å². The number of carbonyl (C=O) groups excluding carboxylic acids is 2. The number of hydrogen-bond acceptors (Lipinski definition) is 3. The van der Waals surface area contributed by atoms with E-state index in [4.69, 9.17) is 0 Å². The Bertz CT molecular complexity index is 531. The van der Waals surface area contributed by atoms with E-state index in [0.717, 1.165) is 13.1 Å². The monoisotopic (exact) mass is 304 g/mol. The molecule has 1 fully saturated rings. The van der Waals surface area contributed by atoms with E-state index < -0.39 is 11.9 Å². The molecule has 1 heterocycles. The minimum Gasteiger partial charge on any atom is -0.540 e. The first-order chi connectivity index (χ1) is 10.4. The largest absolute Gasteiger partial charge is 0.540 e. The van der Waals surface area contributed by atoms with E-state index in [1.54, 1.807) is 0 Å². The molecule has 1 amide bonds. The molecule has 1 aromatic rings. The van der Waals surface area contributed by atoms with Gasteiger partial charge in [-0.15, -0.1) is 0 Å². The molecule has 1 aromatic carbocycles. The highest BCUT2D eigenvalue weighted by Gasteiger charge is 2.28. The third kappa shape index (κ3) is 3.65. The predicted molar refractivity (Wildman–Crippen MR) is 81.2 cm³/mol. The summed E-state index contributed by atoms with van der Waals surface area (Å²) in [5.41, 5.74) is 2.61. The van der Waals surface area contributed by atoms with Crippen molar-refractivity contribution in [3.63, 3.8) is 0 Å². The van der Waals surface area contributed by atoms with E-state index in [1.807, 2.05) is 0 Å². The summed E-state index contributed by atoms with van der Waals surface area (Å²) in [5, 5.41) is 10.6. The Balaban J connectivity index is 1.96. The van der Waals surface area contributed by atoms with E-state index in [2.05, 4.69) is 45.0 Å². The summed E-state index contributed by atoms with van der Waals surface area (Å²) in [6.07, 6.45) is 0. The van der Waals surface area contributed by atoms with E-state index in [1.165, 1.54) is 20.9 Å². The van der Waals surface area contributed by atoms with Crippen LogP contribution in [-0.2, 0) is 9.59 Å². The van der Waals surface area contributed by atoms with Gasteiger partial charge >= 0.3 is 0 Å². The number of quaternary nitrogens is 1. The van der Waals surface area contributed by atoms with Crippen molar-refractivity contribution in [3.05, 3.63) is 35.4 Å². The molecule has 1 atom stereocenters. The second-order valence-corrected chi connectivity index (χ2v) is 6.28. The van der Waals surface area contributed by atoms with E-state index in [-0.39, 0.29) is 0 Å². The lowest BCUT2D eigenvalue weighted by Crippen LogP contribution is -3.14. The van der Waals surface area contributed by atoms with Crippen LogP contribution in [0.2, 0.25) is 0 Å². The van der Waals surface area contributed by atoms with Crippen LogP contribution in [0.15, 0.2) is 24.3 Å². The number of amides is 1. The van der Waals surface area contributed by atoms with Crippen molar-refractivity contribution in [1.29, 1.82) is 0 Å². The van der Waals surface area contributed by atoms with Gasteiger partial charge in [0.15, 0.2) is 0 Å². The molecule has 0 bridgehead atoms. The lowest BCUT2D eigenvalue weighted by Gasteiger charge is -2.35. The molecule has 0 aliphatic carbocycles. The third-order valence-electron chi connectivity index (χ3n) is 4.58. The van der Waals surface area contributed by atoms with Crippen molar-refractivity contribution >= 4 is 11.9 Å². The van der Waals surface area contributed by atoms with Gasteiger partial charge in [0.2, 0.25) is 0 Å². The van der Waals surface area contributed by atoms with Crippen LogP contribution in [0.5, 0.6) is 0 Å². The highest BCUT2D eigenvalue weighted by molar-refractivity contribution is 6.30. The summed E-state index contributed by atoms with van der Waals surface area (Å²) in [5.74, 6) is -1.98. The number of piperazine rings is 1. The zero-order valence-corrected chi connectivity index (χ0v) is 13.5. The Morgan fingerprint density at radius 2 is 1.55 bits per heavy atom. The zero-order chi connectivity index (χ0) is 16.3. The van der Waals surface area contributed by atoms with Gasteiger partial charge in [0.25, 0.3) is 5.91 Å². The van der Waals surface area contributed by atoms with E-state index >= 15 is 0 Å². The van der Waals surface area contributed by atoms with E-state index in [9.17, 15) is 14.7 Å². The number of carboxylic acid groups (broad SMARTS) is 1. The Morgan fingerprint density at radius 1 is 1.05 bits per heavy atom. The van der Waals surface area contributed by atoms with Crippen LogP contribution in [0.1, 0.15) is 43.9 Å². The van der Waals surface area contributed by atoms with Gasteiger partial charge in [-0.2, -0.15) is 0 Å². The van der Waals surface area contributed by atoms with Gasteiger partial charge < -0.3 is 19.7 Å². The molecule has 1 saturated heterocycles. The highest BCUT2D eigenvalue weighted by Crippen LogP contribution is 2.17. The van der Waals surface area contributed by atoms with Crippen molar-refractivity contribution < 1.29 is 19.6 Å². The smallest absolute Gasteiger partial charge is 0.269 e. The van der Waals surface area contributed by atoms with Crippen LogP contribution in [0.25, 0.3) is 0 Å². The molecular formula is C17H24N2O3. The molecule has 1 N–H and O–H groups in total. The first-order valence-corrected chi connectivity index (χ1v) is 7.84. The van der Waals surface area contributed by atoms with Gasteiger partial charge in [-0.05, 0) is 18.4 Å². The molecule has 120 valence electrons. The Labute approximate surface area is 131 Å². The van der Waals surface area contributed by atoms with Gasteiger partial charge in [-0.3, -0.25) is 4.79 Å². The molecular weight excluding hydrogens is 280 g/mol. The number of rotatable bonds is 3. The van der Waals surface area contributed by atoms with Gasteiger partial charge in [-0.25, -0.2) is 0 Å². The molecule has 0 spiro atoms. The van der Waals surface area contributed by atoms with Crippen molar-refractivity contribution in [2.75, 3.05) is 26.2 Å². The Kier molecular flexibility index (Phi) is 5.19. The van der Waals surface area contributed by atoms with Gasteiger partial charge in [0, 0.05) is 5.56 Å². The average molecular weight is 304 g/mol. The molecule has 0 saturated carbocycles. The summed E-state index contributed by atoms with van der Waals surface area (Å²) in [7, 11) is 0. The molecule has 2 rings (SSSR count). The van der Waals surface area contributed by atoms with Crippen LogP contribution in [0, 0.1) is 0 Å². The predicted octanol–water partition coefficient (Wildman–Crippen LogP) is -0.652. The van der Waals surface area contributed by atoms with Gasteiger partial charge in [-0.1, -0.05) is 38.1 Å². The van der Waals surface area contributed by atoms with Crippen LogP contribution in [0.4, 0.5) is 0 Å². The van der Waals surface area contributed by atoms with Crippen LogP contribution < -0.4 is 10.0 Å². The fourth-order valence-electron chi connectivity index (χ4n) is 2.96. The summed E-state index contributed by atoms with van der Waals surface area (Å²) in [6, 6.07) is 9.02. The molecule has 22 heavy (non-hydrogen) atoms. The first kappa shape index (κ1) is 16.5. The summed E-state index contributed by atoms with van der Waals surface area (Å²) in [4.78, 5) is 24.8.